The van der Waals surface area contributed by atoms with E-state index in [9.17, 15) is 13.2 Å². The molecule has 0 bridgehead atoms. The van der Waals surface area contributed by atoms with Crippen LogP contribution in [-0.4, -0.2) is 16.9 Å². The fourth-order valence-corrected chi connectivity index (χ4v) is 1.75. The van der Waals surface area contributed by atoms with Crippen LogP contribution < -0.4 is 10.5 Å². The summed E-state index contributed by atoms with van der Waals surface area (Å²) in [6.45, 7) is -0.217. The number of nitrogens with two attached hydrogens (primary N) is 1. The molecule has 0 radical (unpaired) electrons. The molecule has 2 rings (SSSR count). The van der Waals surface area contributed by atoms with E-state index in [0.29, 0.717) is 11.4 Å². The number of hydrogen-bond acceptors (Lipinski definition) is 3. The fourth-order valence-electron chi connectivity index (χ4n) is 1.75. The summed E-state index contributed by atoms with van der Waals surface area (Å²) in [5.74, 6) is 0.559. The van der Waals surface area contributed by atoms with Gasteiger partial charge in [0.2, 0.25) is 0 Å². The average molecular weight is 271 g/mol. The SMILES string of the molecule is COc1ccc(-n2ncc(CN)c2C(F)(F)F)cc1. The summed E-state index contributed by atoms with van der Waals surface area (Å²) in [6.07, 6.45) is -3.38. The van der Waals surface area contributed by atoms with Crippen LogP contribution in [-0.2, 0) is 12.7 Å². The monoisotopic (exact) mass is 271 g/mol. The zero-order valence-electron chi connectivity index (χ0n) is 10.1. The molecule has 1 heterocycles. The van der Waals surface area contributed by atoms with Crippen LogP contribution in [0, 0.1) is 0 Å². The number of halogens is 3. The number of aromatic nitrogens is 2. The van der Waals surface area contributed by atoms with E-state index in [1.165, 1.54) is 19.2 Å². The number of ether oxygens (including phenoxy) is 1. The Morgan fingerprint density at radius 1 is 1.26 bits per heavy atom. The molecule has 0 spiro atoms. The van der Waals surface area contributed by atoms with Crippen LogP contribution in [0.4, 0.5) is 13.2 Å². The lowest BCUT2D eigenvalue weighted by atomic mass is 10.2. The molecule has 4 nitrogen and oxygen atoms in total. The van der Waals surface area contributed by atoms with E-state index < -0.39 is 11.9 Å². The summed E-state index contributed by atoms with van der Waals surface area (Å²) >= 11 is 0. The van der Waals surface area contributed by atoms with Gasteiger partial charge in [0.1, 0.15) is 5.75 Å². The first-order valence-corrected chi connectivity index (χ1v) is 5.46. The molecular weight excluding hydrogens is 259 g/mol. The van der Waals surface area contributed by atoms with Crippen molar-refractivity contribution in [1.29, 1.82) is 0 Å². The molecule has 19 heavy (non-hydrogen) atoms. The van der Waals surface area contributed by atoms with Gasteiger partial charge in [-0.15, -0.1) is 0 Å². The standard InChI is InChI=1S/C12H12F3N3O/c1-19-10-4-2-9(3-5-10)18-11(12(13,14)15)8(6-16)7-17-18/h2-5,7H,6,16H2,1H3. The number of rotatable bonds is 3. The van der Waals surface area contributed by atoms with Crippen molar-refractivity contribution in [2.24, 2.45) is 5.73 Å². The van der Waals surface area contributed by atoms with Gasteiger partial charge in [0.25, 0.3) is 0 Å². The minimum absolute atomic E-state index is 0.0386. The van der Waals surface area contributed by atoms with Gasteiger partial charge >= 0.3 is 6.18 Å². The van der Waals surface area contributed by atoms with E-state index in [1.54, 1.807) is 12.1 Å². The molecule has 0 fully saturated rings. The van der Waals surface area contributed by atoms with Gasteiger partial charge in [-0.25, -0.2) is 4.68 Å². The first-order valence-electron chi connectivity index (χ1n) is 5.46. The minimum atomic E-state index is -4.51. The summed E-state index contributed by atoms with van der Waals surface area (Å²) in [5, 5.41) is 3.76. The van der Waals surface area contributed by atoms with Crippen LogP contribution in [0.2, 0.25) is 0 Å². The Labute approximate surface area is 107 Å². The van der Waals surface area contributed by atoms with Crippen molar-refractivity contribution < 1.29 is 17.9 Å². The summed E-state index contributed by atoms with van der Waals surface area (Å²) in [7, 11) is 1.48. The maximum atomic E-state index is 13.0. The van der Waals surface area contributed by atoms with Crippen LogP contribution in [0.5, 0.6) is 5.75 Å². The van der Waals surface area contributed by atoms with E-state index in [0.717, 1.165) is 10.9 Å². The Kier molecular flexibility index (Phi) is 3.48. The van der Waals surface area contributed by atoms with Crippen LogP contribution >= 0.6 is 0 Å². The molecule has 7 heteroatoms. The highest BCUT2D eigenvalue weighted by Crippen LogP contribution is 2.33. The second-order valence-electron chi connectivity index (χ2n) is 3.83. The van der Waals surface area contributed by atoms with Gasteiger partial charge in [-0.2, -0.15) is 18.3 Å². The second-order valence-corrected chi connectivity index (χ2v) is 3.83. The van der Waals surface area contributed by atoms with Gasteiger partial charge in [0, 0.05) is 12.1 Å². The molecule has 0 aliphatic heterocycles. The minimum Gasteiger partial charge on any atom is -0.497 e. The molecule has 0 amide bonds. The summed E-state index contributed by atoms with van der Waals surface area (Å²) < 4.78 is 44.8. The van der Waals surface area contributed by atoms with Crippen molar-refractivity contribution in [3.05, 3.63) is 41.7 Å². The Hall–Kier alpha value is -2.02. The topological polar surface area (TPSA) is 53.1 Å². The van der Waals surface area contributed by atoms with Crippen LogP contribution in [0.3, 0.4) is 0 Å². The third-order valence-corrected chi connectivity index (χ3v) is 2.65. The Balaban J connectivity index is 2.52. The zero-order chi connectivity index (χ0) is 14.0. The molecule has 0 atom stereocenters. The highest BCUT2D eigenvalue weighted by molar-refractivity contribution is 5.40. The third-order valence-electron chi connectivity index (χ3n) is 2.65. The molecule has 2 N–H and O–H groups in total. The Morgan fingerprint density at radius 3 is 2.37 bits per heavy atom. The maximum absolute atomic E-state index is 13.0. The van der Waals surface area contributed by atoms with Gasteiger partial charge in [-0.1, -0.05) is 0 Å². The highest BCUT2D eigenvalue weighted by atomic mass is 19.4. The highest BCUT2D eigenvalue weighted by Gasteiger charge is 2.38. The molecule has 102 valence electrons. The van der Waals surface area contributed by atoms with E-state index in [4.69, 9.17) is 10.5 Å². The molecule has 0 aliphatic rings. The fraction of sp³-hybridized carbons (Fsp3) is 0.250. The molecule has 1 aromatic carbocycles. The molecule has 0 aliphatic carbocycles. The molecule has 0 saturated carbocycles. The van der Waals surface area contributed by atoms with Gasteiger partial charge < -0.3 is 10.5 Å². The van der Waals surface area contributed by atoms with Crippen molar-refractivity contribution in [1.82, 2.24) is 9.78 Å². The lowest BCUT2D eigenvalue weighted by Gasteiger charge is -2.12. The van der Waals surface area contributed by atoms with Gasteiger partial charge in [-0.05, 0) is 24.3 Å². The van der Waals surface area contributed by atoms with E-state index in [1.807, 2.05) is 0 Å². The van der Waals surface area contributed by atoms with Crippen LogP contribution in [0.15, 0.2) is 30.5 Å². The lowest BCUT2D eigenvalue weighted by molar-refractivity contribution is -0.143. The van der Waals surface area contributed by atoms with E-state index >= 15 is 0 Å². The van der Waals surface area contributed by atoms with Crippen molar-refractivity contribution in [2.75, 3.05) is 7.11 Å². The molecular formula is C12H12F3N3O. The number of nitrogens with zero attached hydrogens (tertiary/aromatic N) is 2. The van der Waals surface area contributed by atoms with Crippen LogP contribution in [0.1, 0.15) is 11.3 Å². The summed E-state index contributed by atoms with van der Waals surface area (Å²) in [4.78, 5) is 0. The Morgan fingerprint density at radius 2 is 1.89 bits per heavy atom. The van der Waals surface area contributed by atoms with E-state index in [2.05, 4.69) is 5.10 Å². The Bertz CT molecular complexity index is 561. The molecule has 0 saturated heterocycles. The predicted molar refractivity (Wildman–Crippen MR) is 63.0 cm³/mol. The summed E-state index contributed by atoms with van der Waals surface area (Å²) in [5.41, 5.74) is 4.72. The van der Waals surface area contributed by atoms with Crippen LogP contribution in [0.25, 0.3) is 5.69 Å². The van der Waals surface area contributed by atoms with Gasteiger partial charge in [0.15, 0.2) is 5.69 Å². The average Bonchev–Trinajstić information content (AvgIpc) is 2.82. The number of methoxy groups -OCH3 is 1. The van der Waals surface area contributed by atoms with E-state index in [-0.39, 0.29) is 12.1 Å². The maximum Gasteiger partial charge on any atom is 0.433 e. The normalized spacial score (nSPS) is 11.6. The zero-order valence-corrected chi connectivity index (χ0v) is 10.1. The molecule has 0 unspecified atom stereocenters. The van der Waals surface area contributed by atoms with Crippen molar-refractivity contribution in [3.8, 4) is 11.4 Å². The molecule has 2 aromatic rings. The van der Waals surface area contributed by atoms with Gasteiger partial charge in [0.05, 0.1) is 19.0 Å². The lowest BCUT2D eigenvalue weighted by Crippen LogP contribution is -2.16. The smallest absolute Gasteiger partial charge is 0.433 e. The quantitative estimate of drug-likeness (QED) is 0.932. The first kappa shape index (κ1) is 13.4. The second kappa shape index (κ2) is 4.93. The van der Waals surface area contributed by atoms with Crippen molar-refractivity contribution >= 4 is 0 Å². The first-order chi connectivity index (χ1) is 8.97. The number of alkyl halides is 3. The predicted octanol–water partition coefficient (Wildman–Crippen LogP) is 2.36. The van der Waals surface area contributed by atoms with Crippen molar-refractivity contribution in [3.63, 3.8) is 0 Å². The van der Waals surface area contributed by atoms with Gasteiger partial charge in [-0.3, -0.25) is 0 Å². The largest absolute Gasteiger partial charge is 0.497 e. The number of hydrogen-bond donors (Lipinski definition) is 1. The third kappa shape index (κ3) is 2.55. The molecule has 1 aromatic heterocycles. The number of benzene rings is 1. The summed E-state index contributed by atoms with van der Waals surface area (Å²) in [6, 6.07) is 6.14. The van der Waals surface area contributed by atoms with Crippen molar-refractivity contribution in [2.45, 2.75) is 12.7 Å².